The summed E-state index contributed by atoms with van der Waals surface area (Å²) in [4.78, 5) is 14.4. The Bertz CT molecular complexity index is 720. The van der Waals surface area contributed by atoms with E-state index >= 15 is 0 Å². The standard InChI is InChI=1S/C14H15F3N4O2/c15-14(16,17)8-20-3-5-21(6-4-20)9-1-2-10-11(7-9)18-19-12(10)13(22)23/h1-2,7H,3-6,8H2,(H,18,19)(H,22,23). The van der Waals surface area contributed by atoms with Crippen LogP contribution >= 0.6 is 0 Å². The van der Waals surface area contributed by atoms with Crippen LogP contribution < -0.4 is 4.90 Å². The minimum absolute atomic E-state index is 0.0402. The van der Waals surface area contributed by atoms with Gasteiger partial charge in [-0.15, -0.1) is 0 Å². The zero-order valence-electron chi connectivity index (χ0n) is 12.1. The molecule has 1 fully saturated rings. The van der Waals surface area contributed by atoms with Gasteiger partial charge in [0.15, 0.2) is 5.69 Å². The molecule has 1 aromatic carbocycles. The third-order valence-corrected chi connectivity index (χ3v) is 3.89. The number of fused-ring (bicyclic) bond motifs is 1. The van der Waals surface area contributed by atoms with E-state index in [1.54, 1.807) is 18.2 Å². The number of carboxylic acids is 1. The highest BCUT2D eigenvalue weighted by Gasteiger charge is 2.32. The smallest absolute Gasteiger partial charge is 0.401 e. The van der Waals surface area contributed by atoms with Gasteiger partial charge in [-0.25, -0.2) is 4.79 Å². The fourth-order valence-electron chi connectivity index (χ4n) is 2.79. The lowest BCUT2D eigenvalue weighted by Crippen LogP contribution is -2.49. The van der Waals surface area contributed by atoms with Gasteiger partial charge in [0.05, 0.1) is 12.1 Å². The summed E-state index contributed by atoms with van der Waals surface area (Å²) in [7, 11) is 0. The summed E-state index contributed by atoms with van der Waals surface area (Å²) >= 11 is 0. The molecule has 9 heteroatoms. The Labute approximate surface area is 129 Å². The lowest BCUT2D eigenvalue weighted by atomic mass is 10.1. The molecule has 0 amide bonds. The van der Waals surface area contributed by atoms with Crippen LogP contribution in [0, 0.1) is 0 Å². The fraction of sp³-hybridized carbons (Fsp3) is 0.429. The lowest BCUT2D eigenvalue weighted by molar-refractivity contribution is -0.146. The molecular formula is C14H15F3N4O2. The van der Waals surface area contributed by atoms with Gasteiger partial charge in [-0.1, -0.05) is 0 Å². The molecule has 0 aliphatic carbocycles. The lowest BCUT2D eigenvalue weighted by Gasteiger charge is -2.36. The van der Waals surface area contributed by atoms with Crippen LogP contribution in [0.15, 0.2) is 18.2 Å². The zero-order chi connectivity index (χ0) is 16.6. The topological polar surface area (TPSA) is 72.5 Å². The maximum Gasteiger partial charge on any atom is 0.401 e. The molecule has 2 N–H and O–H groups in total. The summed E-state index contributed by atoms with van der Waals surface area (Å²) in [6, 6.07) is 5.21. The first kappa shape index (κ1) is 15.6. The molecule has 0 spiro atoms. The van der Waals surface area contributed by atoms with Crippen LogP contribution in [0.25, 0.3) is 10.9 Å². The normalized spacial score (nSPS) is 16.9. The van der Waals surface area contributed by atoms with Gasteiger partial charge in [0.2, 0.25) is 0 Å². The van der Waals surface area contributed by atoms with Crippen molar-refractivity contribution in [1.29, 1.82) is 0 Å². The Morgan fingerprint density at radius 2 is 1.96 bits per heavy atom. The Hall–Kier alpha value is -2.29. The van der Waals surface area contributed by atoms with Gasteiger partial charge in [0.1, 0.15) is 0 Å². The molecular weight excluding hydrogens is 313 g/mol. The SMILES string of the molecule is O=C(O)c1n[nH]c2cc(N3CCN(CC(F)(F)F)CC3)ccc12. The molecule has 23 heavy (non-hydrogen) atoms. The van der Waals surface area contributed by atoms with Gasteiger partial charge in [-0.3, -0.25) is 10.00 Å². The van der Waals surface area contributed by atoms with Crippen molar-refractivity contribution in [3.63, 3.8) is 0 Å². The predicted molar refractivity (Wildman–Crippen MR) is 77.8 cm³/mol. The van der Waals surface area contributed by atoms with Gasteiger partial charge < -0.3 is 10.0 Å². The number of anilines is 1. The number of benzene rings is 1. The molecule has 0 saturated carbocycles. The van der Waals surface area contributed by atoms with E-state index in [1.165, 1.54) is 4.90 Å². The number of rotatable bonds is 3. The number of aromatic nitrogens is 2. The van der Waals surface area contributed by atoms with Gasteiger partial charge in [0.25, 0.3) is 0 Å². The number of piperazine rings is 1. The number of carbonyl (C=O) groups is 1. The minimum atomic E-state index is -4.18. The maximum atomic E-state index is 12.4. The molecule has 0 radical (unpaired) electrons. The second-order valence-electron chi connectivity index (χ2n) is 5.49. The van der Waals surface area contributed by atoms with Crippen molar-refractivity contribution in [3.8, 4) is 0 Å². The Morgan fingerprint density at radius 3 is 2.57 bits per heavy atom. The number of H-pyrrole nitrogens is 1. The summed E-state index contributed by atoms with van der Waals surface area (Å²) in [5.41, 5.74) is 1.39. The second kappa shape index (κ2) is 5.73. The molecule has 2 aromatic rings. The summed E-state index contributed by atoms with van der Waals surface area (Å²) in [5, 5.41) is 16.0. The van der Waals surface area contributed by atoms with Crippen molar-refractivity contribution >= 4 is 22.6 Å². The second-order valence-corrected chi connectivity index (χ2v) is 5.49. The van der Waals surface area contributed by atoms with E-state index in [0.29, 0.717) is 37.1 Å². The van der Waals surface area contributed by atoms with Crippen molar-refractivity contribution in [2.24, 2.45) is 0 Å². The van der Waals surface area contributed by atoms with E-state index in [1.807, 2.05) is 4.90 Å². The molecule has 6 nitrogen and oxygen atoms in total. The molecule has 1 saturated heterocycles. The molecule has 1 aliphatic heterocycles. The predicted octanol–water partition coefficient (Wildman–Crippen LogP) is 1.95. The monoisotopic (exact) mass is 328 g/mol. The highest BCUT2D eigenvalue weighted by atomic mass is 19.4. The summed E-state index contributed by atoms with van der Waals surface area (Å²) in [6.45, 7) is 0.757. The van der Waals surface area contributed by atoms with Crippen molar-refractivity contribution in [2.45, 2.75) is 6.18 Å². The first-order chi connectivity index (χ1) is 10.8. The number of hydrogen-bond donors (Lipinski definition) is 2. The average molecular weight is 328 g/mol. The highest BCUT2D eigenvalue weighted by molar-refractivity contribution is 6.01. The average Bonchev–Trinajstić information content (AvgIpc) is 2.89. The third-order valence-electron chi connectivity index (χ3n) is 3.89. The first-order valence-electron chi connectivity index (χ1n) is 7.09. The van der Waals surface area contributed by atoms with Crippen LogP contribution in [-0.4, -0.2) is 65.1 Å². The van der Waals surface area contributed by atoms with E-state index < -0.39 is 18.7 Å². The van der Waals surface area contributed by atoms with Crippen molar-refractivity contribution in [3.05, 3.63) is 23.9 Å². The molecule has 0 unspecified atom stereocenters. The molecule has 0 bridgehead atoms. The fourth-order valence-corrected chi connectivity index (χ4v) is 2.79. The van der Waals surface area contributed by atoms with E-state index in [-0.39, 0.29) is 5.69 Å². The molecule has 1 aliphatic rings. The van der Waals surface area contributed by atoms with Gasteiger partial charge in [-0.2, -0.15) is 18.3 Å². The number of carboxylic acid groups (broad SMARTS) is 1. The summed E-state index contributed by atoms with van der Waals surface area (Å²) in [5.74, 6) is -1.11. The first-order valence-corrected chi connectivity index (χ1v) is 7.09. The van der Waals surface area contributed by atoms with Gasteiger partial charge in [-0.05, 0) is 18.2 Å². The van der Waals surface area contributed by atoms with E-state index in [0.717, 1.165) is 5.69 Å². The van der Waals surface area contributed by atoms with E-state index in [4.69, 9.17) is 5.11 Å². The largest absolute Gasteiger partial charge is 0.476 e. The maximum absolute atomic E-state index is 12.4. The van der Waals surface area contributed by atoms with Crippen LogP contribution in [0.3, 0.4) is 0 Å². The number of hydrogen-bond acceptors (Lipinski definition) is 4. The molecule has 3 rings (SSSR count). The van der Waals surface area contributed by atoms with E-state index in [2.05, 4.69) is 10.2 Å². The molecule has 1 aromatic heterocycles. The molecule has 124 valence electrons. The Kier molecular flexibility index (Phi) is 3.88. The van der Waals surface area contributed by atoms with Crippen molar-refractivity contribution in [2.75, 3.05) is 37.6 Å². The van der Waals surface area contributed by atoms with Crippen LogP contribution in [0.2, 0.25) is 0 Å². The van der Waals surface area contributed by atoms with Crippen LogP contribution in [0.1, 0.15) is 10.5 Å². The zero-order valence-corrected chi connectivity index (χ0v) is 12.1. The van der Waals surface area contributed by atoms with Crippen LogP contribution in [0.5, 0.6) is 0 Å². The number of nitrogens with zero attached hydrogens (tertiary/aromatic N) is 3. The highest BCUT2D eigenvalue weighted by Crippen LogP contribution is 2.25. The molecule has 0 atom stereocenters. The number of halogens is 3. The molecule has 2 heterocycles. The third kappa shape index (κ3) is 3.39. The van der Waals surface area contributed by atoms with Crippen molar-refractivity contribution in [1.82, 2.24) is 15.1 Å². The Balaban J connectivity index is 1.71. The summed E-state index contributed by atoms with van der Waals surface area (Å²) < 4.78 is 37.2. The van der Waals surface area contributed by atoms with Crippen LogP contribution in [0.4, 0.5) is 18.9 Å². The Morgan fingerprint density at radius 1 is 1.26 bits per heavy atom. The van der Waals surface area contributed by atoms with E-state index in [9.17, 15) is 18.0 Å². The number of alkyl halides is 3. The van der Waals surface area contributed by atoms with Gasteiger partial charge in [0, 0.05) is 37.3 Å². The minimum Gasteiger partial charge on any atom is -0.476 e. The van der Waals surface area contributed by atoms with Gasteiger partial charge >= 0.3 is 12.1 Å². The quantitative estimate of drug-likeness (QED) is 0.901. The number of aromatic amines is 1. The number of aromatic carboxylic acids is 1. The van der Waals surface area contributed by atoms with Crippen LogP contribution in [-0.2, 0) is 0 Å². The summed E-state index contributed by atoms with van der Waals surface area (Å²) in [6.07, 6.45) is -4.18. The number of nitrogens with one attached hydrogen (secondary N) is 1. The van der Waals surface area contributed by atoms with Crippen molar-refractivity contribution < 1.29 is 23.1 Å².